The normalized spacial score (nSPS) is 17.5. The van der Waals surface area contributed by atoms with Gasteiger partial charge in [-0.3, -0.25) is 4.79 Å². The van der Waals surface area contributed by atoms with E-state index in [-0.39, 0.29) is 15.8 Å². The zero-order valence-corrected chi connectivity index (χ0v) is 18.5. The van der Waals surface area contributed by atoms with Crippen molar-refractivity contribution in [1.29, 1.82) is 0 Å². The number of anilines is 1. The fourth-order valence-electron chi connectivity index (χ4n) is 4.15. The molecule has 2 aliphatic heterocycles. The second-order valence-electron chi connectivity index (χ2n) is 7.66. The standard InChI is InChI=1S/C22H25ClN2O4S/c1-29-18-8-10-20-16(14-18)6-5-13-25(20)22(26)17-7-9-19(23)21(15-17)30(27,28)24-11-3-2-4-12-24/h7-10,14-15H,2-6,11-13H2,1H3. The van der Waals surface area contributed by atoms with E-state index in [1.165, 1.54) is 16.4 Å². The Morgan fingerprint density at radius 3 is 2.50 bits per heavy atom. The molecule has 2 aromatic carbocycles. The Kier molecular flexibility index (Phi) is 6.04. The SMILES string of the molecule is COc1ccc2c(c1)CCCN2C(=O)c1ccc(Cl)c(S(=O)(=O)N2CCCCC2)c1. The van der Waals surface area contributed by atoms with Crippen molar-refractivity contribution in [2.75, 3.05) is 31.6 Å². The van der Waals surface area contributed by atoms with Gasteiger partial charge in [0.1, 0.15) is 10.6 Å². The molecule has 160 valence electrons. The molecule has 0 spiro atoms. The molecule has 0 unspecified atom stereocenters. The van der Waals surface area contributed by atoms with E-state index >= 15 is 0 Å². The first kappa shape index (κ1) is 21.2. The quantitative estimate of drug-likeness (QED) is 0.705. The van der Waals surface area contributed by atoms with Crippen LogP contribution in [0.3, 0.4) is 0 Å². The van der Waals surface area contributed by atoms with Crippen LogP contribution in [0.15, 0.2) is 41.3 Å². The molecule has 1 amide bonds. The molecular formula is C22H25ClN2O4S. The number of benzene rings is 2. The molecule has 0 atom stereocenters. The number of sulfonamides is 1. The third-order valence-electron chi connectivity index (χ3n) is 5.76. The number of hydrogen-bond acceptors (Lipinski definition) is 4. The number of aryl methyl sites for hydroxylation is 1. The summed E-state index contributed by atoms with van der Waals surface area (Å²) < 4.78 is 33.0. The molecule has 30 heavy (non-hydrogen) atoms. The molecule has 0 radical (unpaired) electrons. The molecule has 0 N–H and O–H groups in total. The van der Waals surface area contributed by atoms with E-state index < -0.39 is 10.0 Å². The summed E-state index contributed by atoms with van der Waals surface area (Å²) in [5.74, 6) is 0.525. The first-order chi connectivity index (χ1) is 14.4. The number of rotatable bonds is 4. The van der Waals surface area contributed by atoms with Gasteiger partial charge in [0.2, 0.25) is 10.0 Å². The van der Waals surface area contributed by atoms with Crippen LogP contribution in [0.5, 0.6) is 5.75 Å². The first-order valence-corrected chi connectivity index (χ1v) is 12.0. The Morgan fingerprint density at radius 2 is 1.77 bits per heavy atom. The Hall–Kier alpha value is -2.09. The average Bonchev–Trinajstić information content (AvgIpc) is 2.78. The number of hydrogen-bond donors (Lipinski definition) is 0. The molecule has 4 rings (SSSR count). The minimum absolute atomic E-state index is 0.00359. The molecule has 0 bridgehead atoms. The molecule has 1 fully saturated rings. The second kappa shape index (κ2) is 8.57. The van der Waals surface area contributed by atoms with Crippen molar-refractivity contribution in [3.05, 3.63) is 52.5 Å². The zero-order chi connectivity index (χ0) is 21.3. The van der Waals surface area contributed by atoms with Crippen molar-refractivity contribution in [1.82, 2.24) is 4.31 Å². The van der Waals surface area contributed by atoms with Gasteiger partial charge in [-0.1, -0.05) is 18.0 Å². The zero-order valence-electron chi connectivity index (χ0n) is 16.9. The number of ether oxygens (including phenoxy) is 1. The summed E-state index contributed by atoms with van der Waals surface area (Å²) >= 11 is 6.26. The summed E-state index contributed by atoms with van der Waals surface area (Å²) in [6.45, 7) is 1.55. The van der Waals surface area contributed by atoms with E-state index in [9.17, 15) is 13.2 Å². The molecule has 8 heteroatoms. The molecule has 0 aliphatic carbocycles. The molecule has 2 heterocycles. The van der Waals surface area contributed by atoms with E-state index in [0.717, 1.165) is 49.1 Å². The van der Waals surface area contributed by atoms with Crippen molar-refractivity contribution in [3.63, 3.8) is 0 Å². The summed E-state index contributed by atoms with van der Waals surface area (Å²) in [5.41, 5.74) is 2.20. The summed E-state index contributed by atoms with van der Waals surface area (Å²) in [6, 6.07) is 10.2. The predicted octanol–water partition coefficient (Wildman–Crippen LogP) is 4.12. The Labute approximate surface area is 182 Å². The van der Waals surface area contributed by atoms with Gasteiger partial charge in [0.25, 0.3) is 5.91 Å². The highest BCUT2D eigenvalue weighted by Crippen LogP contribution is 2.33. The van der Waals surface area contributed by atoms with E-state index in [0.29, 0.717) is 25.2 Å². The number of carbonyl (C=O) groups is 1. The van der Waals surface area contributed by atoms with Crippen LogP contribution in [0.1, 0.15) is 41.6 Å². The van der Waals surface area contributed by atoms with Gasteiger partial charge in [0, 0.05) is 30.9 Å². The fraction of sp³-hybridized carbons (Fsp3) is 0.409. The minimum Gasteiger partial charge on any atom is -0.497 e. The van der Waals surface area contributed by atoms with Crippen molar-refractivity contribution >= 4 is 33.2 Å². The maximum absolute atomic E-state index is 13.3. The van der Waals surface area contributed by atoms with Crippen LogP contribution >= 0.6 is 11.6 Å². The lowest BCUT2D eigenvalue weighted by Crippen LogP contribution is -2.37. The van der Waals surface area contributed by atoms with Crippen molar-refractivity contribution < 1.29 is 17.9 Å². The number of piperidine rings is 1. The molecule has 0 aromatic heterocycles. The van der Waals surface area contributed by atoms with Crippen molar-refractivity contribution in [3.8, 4) is 5.75 Å². The van der Waals surface area contributed by atoms with Gasteiger partial charge in [0.05, 0.1) is 12.1 Å². The van der Waals surface area contributed by atoms with Crippen molar-refractivity contribution in [2.45, 2.75) is 37.0 Å². The van der Waals surface area contributed by atoms with E-state index in [4.69, 9.17) is 16.3 Å². The lowest BCUT2D eigenvalue weighted by atomic mass is 10.0. The summed E-state index contributed by atoms with van der Waals surface area (Å²) in [4.78, 5) is 15.0. The second-order valence-corrected chi connectivity index (χ2v) is 9.98. The van der Waals surface area contributed by atoms with E-state index in [1.54, 1.807) is 18.1 Å². The lowest BCUT2D eigenvalue weighted by molar-refractivity contribution is 0.0985. The predicted molar refractivity (Wildman–Crippen MR) is 117 cm³/mol. The smallest absolute Gasteiger partial charge is 0.258 e. The van der Waals surface area contributed by atoms with Gasteiger partial charge in [-0.2, -0.15) is 4.31 Å². The highest BCUT2D eigenvalue weighted by Gasteiger charge is 2.30. The maximum atomic E-state index is 13.3. The topological polar surface area (TPSA) is 66.9 Å². The monoisotopic (exact) mass is 448 g/mol. The largest absolute Gasteiger partial charge is 0.497 e. The number of carbonyl (C=O) groups excluding carboxylic acids is 1. The van der Waals surface area contributed by atoms with Gasteiger partial charge in [-0.05, 0) is 67.6 Å². The molecule has 1 saturated heterocycles. The Bertz CT molecular complexity index is 1060. The third-order valence-corrected chi connectivity index (χ3v) is 8.14. The Morgan fingerprint density at radius 1 is 1.00 bits per heavy atom. The number of halogens is 1. The first-order valence-electron chi connectivity index (χ1n) is 10.2. The molecule has 2 aromatic rings. The highest BCUT2D eigenvalue weighted by atomic mass is 35.5. The minimum atomic E-state index is -3.73. The molecule has 2 aliphatic rings. The van der Waals surface area contributed by atoms with Crippen LogP contribution in [0.4, 0.5) is 5.69 Å². The van der Waals surface area contributed by atoms with Gasteiger partial charge < -0.3 is 9.64 Å². The van der Waals surface area contributed by atoms with Gasteiger partial charge in [0.15, 0.2) is 0 Å². The highest BCUT2D eigenvalue weighted by molar-refractivity contribution is 7.89. The van der Waals surface area contributed by atoms with Crippen LogP contribution in [-0.4, -0.2) is 45.4 Å². The van der Waals surface area contributed by atoms with Crippen LogP contribution in [0, 0.1) is 0 Å². The number of fused-ring (bicyclic) bond motifs is 1. The average molecular weight is 449 g/mol. The molecular weight excluding hydrogens is 424 g/mol. The fourth-order valence-corrected chi connectivity index (χ4v) is 6.16. The van der Waals surface area contributed by atoms with E-state index in [2.05, 4.69) is 0 Å². The van der Waals surface area contributed by atoms with Crippen LogP contribution in [-0.2, 0) is 16.4 Å². The summed E-state index contributed by atoms with van der Waals surface area (Å²) in [7, 11) is -2.12. The molecule has 6 nitrogen and oxygen atoms in total. The number of amides is 1. The van der Waals surface area contributed by atoms with Gasteiger partial charge in [-0.25, -0.2) is 8.42 Å². The van der Waals surface area contributed by atoms with Crippen LogP contribution < -0.4 is 9.64 Å². The van der Waals surface area contributed by atoms with Gasteiger partial charge in [-0.15, -0.1) is 0 Å². The summed E-state index contributed by atoms with van der Waals surface area (Å²) in [5, 5.41) is 0.140. The number of nitrogens with zero attached hydrogens (tertiary/aromatic N) is 2. The van der Waals surface area contributed by atoms with Gasteiger partial charge >= 0.3 is 0 Å². The number of methoxy groups -OCH3 is 1. The third kappa shape index (κ3) is 3.94. The summed E-state index contributed by atoms with van der Waals surface area (Å²) in [6.07, 6.45) is 4.40. The van der Waals surface area contributed by atoms with Crippen LogP contribution in [0.2, 0.25) is 5.02 Å². The van der Waals surface area contributed by atoms with Crippen molar-refractivity contribution in [2.24, 2.45) is 0 Å². The molecule has 0 saturated carbocycles. The van der Waals surface area contributed by atoms with E-state index in [1.807, 2.05) is 18.2 Å². The Balaban J connectivity index is 1.67. The lowest BCUT2D eigenvalue weighted by Gasteiger charge is -2.30. The van der Waals surface area contributed by atoms with Crippen LogP contribution in [0.25, 0.3) is 0 Å². The maximum Gasteiger partial charge on any atom is 0.258 e.